The van der Waals surface area contributed by atoms with Crippen LogP contribution in [0.3, 0.4) is 0 Å². The summed E-state index contributed by atoms with van der Waals surface area (Å²) in [5.41, 5.74) is 0.780. The third-order valence-electron chi connectivity index (χ3n) is 2.76. The number of benzene rings is 1. The number of amides is 1. The summed E-state index contributed by atoms with van der Waals surface area (Å²) in [6.45, 7) is 7.74. The van der Waals surface area contributed by atoms with Gasteiger partial charge in [0.25, 0.3) is 0 Å². The van der Waals surface area contributed by atoms with Crippen molar-refractivity contribution in [2.24, 2.45) is 0 Å². The van der Waals surface area contributed by atoms with E-state index in [0.717, 1.165) is 29.0 Å². The lowest BCUT2D eigenvalue weighted by atomic mass is 10.3. The highest BCUT2D eigenvalue weighted by Gasteiger charge is 2.12. The van der Waals surface area contributed by atoms with Crippen molar-refractivity contribution in [3.8, 4) is 5.75 Å². The largest absolute Gasteiger partial charge is 0.488 e. The second-order valence-corrected chi connectivity index (χ2v) is 5.18. The Hall–Kier alpha value is -1.81. The number of carbonyl (C=O) groups is 1. The highest BCUT2D eigenvalue weighted by molar-refractivity contribution is 5.88. The molecule has 0 saturated heterocycles. The zero-order valence-electron chi connectivity index (χ0n) is 12.0. The molecule has 1 amide bonds. The van der Waals surface area contributed by atoms with Crippen molar-refractivity contribution in [1.82, 2.24) is 0 Å². The van der Waals surface area contributed by atoms with Crippen molar-refractivity contribution in [3.63, 3.8) is 0 Å². The number of nitrogens with zero attached hydrogens (tertiary/aromatic N) is 1. The van der Waals surface area contributed by atoms with E-state index in [2.05, 4.69) is 26.0 Å². The Morgan fingerprint density at radius 1 is 1.37 bits per heavy atom. The number of hydrogen-bond donors (Lipinski definition) is 1. The summed E-state index contributed by atoms with van der Waals surface area (Å²) in [7, 11) is 4.29. The van der Waals surface area contributed by atoms with Gasteiger partial charge in [0.1, 0.15) is 18.9 Å². The Labute approximate surface area is 115 Å². The summed E-state index contributed by atoms with van der Waals surface area (Å²) in [4.78, 5) is 10.9. The lowest BCUT2D eigenvalue weighted by Gasteiger charge is -2.28. The van der Waals surface area contributed by atoms with Crippen LogP contribution in [-0.2, 0) is 4.79 Å². The Morgan fingerprint density at radius 2 is 2.00 bits per heavy atom. The van der Waals surface area contributed by atoms with E-state index in [0.29, 0.717) is 6.61 Å². The zero-order valence-corrected chi connectivity index (χ0v) is 12.0. The van der Waals surface area contributed by atoms with Crippen molar-refractivity contribution in [1.29, 1.82) is 0 Å². The SMILES string of the molecule is C=CC[N+](C)(C)CCOc1ccc(NC(C)=O)cc1. The van der Waals surface area contributed by atoms with Gasteiger partial charge < -0.3 is 14.5 Å². The van der Waals surface area contributed by atoms with Crippen molar-refractivity contribution < 1.29 is 14.0 Å². The number of likely N-dealkylation sites (N-methyl/N-ethyl adjacent to an activating group) is 1. The maximum atomic E-state index is 10.9. The molecule has 1 aromatic carbocycles. The highest BCUT2D eigenvalue weighted by Crippen LogP contribution is 2.15. The fourth-order valence-corrected chi connectivity index (χ4v) is 1.69. The van der Waals surface area contributed by atoms with Gasteiger partial charge in [0.05, 0.1) is 20.6 Å². The molecule has 1 aromatic rings. The molecule has 104 valence electrons. The molecule has 4 nitrogen and oxygen atoms in total. The minimum atomic E-state index is -0.0721. The van der Waals surface area contributed by atoms with Crippen LogP contribution in [0.25, 0.3) is 0 Å². The smallest absolute Gasteiger partial charge is 0.221 e. The van der Waals surface area contributed by atoms with Gasteiger partial charge in [-0.25, -0.2) is 0 Å². The first-order chi connectivity index (χ1) is 8.93. The van der Waals surface area contributed by atoms with Crippen molar-refractivity contribution in [3.05, 3.63) is 36.9 Å². The quantitative estimate of drug-likeness (QED) is 0.605. The lowest BCUT2D eigenvalue weighted by Crippen LogP contribution is -2.42. The van der Waals surface area contributed by atoms with Crippen molar-refractivity contribution >= 4 is 11.6 Å². The molecular weight excluding hydrogens is 240 g/mol. The molecule has 19 heavy (non-hydrogen) atoms. The van der Waals surface area contributed by atoms with E-state index in [9.17, 15) is 4.79 Å². The lowest BCUT2D eigenvalue weighted by molar-refractivity contribution is -0.884. The van der Waals surface area contributed by atoms with Crippen LogP contribution >= 0.6 is 0 Å². The van der Waals surface area contributed by atoms with E-state index in [1.807, 2.05) is 30.3 Å². The van der Waals surface area contributed by atoms with Gasteiger partial charge in [-0.3, -0.25) is 4.79 Å². The highest BCUT2D eigenvalue weighted by atomic mass is 16.5. The van der Waals surface area contributed by atoms with Crippen LogP contribution < -0.4 is 10.1 Å². The molecule has 0 aliphatic rings. The monoisotopic (exact) mass is 263 g/mol. The van der Waals surface area contributed by atoms with Gasteiger partial charge in [-0.1, -0.05) is 6.58 Å². The fourth-order valence-electron chi connectivity index (χ4n) is 1.69. The molecule has 4 heteroatoms. The molecule has 0 aliphatic carbocycles. The number of nitrogens with one attached hydrogen (secondary N) is 1. The summed E-state index contributed by atoms with van der Waals surface area (Å²) in [6.07, 6.45) is 1.92. The van der Waals surface area contributed by atoms with E-state index >= 15 is 0 Å². The van der Waals surface area contributed by atoms with Crippen LogP contribution in [0.1, 0.15) is 6.92 Å². The van der Waals surface area contributed by atoms with Crippen LogP contribution in [0, 0.1) is 0 Å². The molecule has 1 rings (SSSR count). The van der Waals surface area contributed by atoms with Crippen LogP contribution in [0.4, 0.5) is 5.69 Å². The molecule has 0 aromatic heterocycles. The first-order valence-corrected chi connectivity index (χ1v) is 6.36. The summed E-state index contributed by atoms with van der Waals surface area (Å²) in [5, 5.41) is 2.72. The Morgan fingerprint density at radius 3 is 2.53 bits per heavy atom. The molecule has 0 atom stereocenters. The number of carbonyl (C=O) groups excluding carboxylic acids is 1. The Kier molecular flexibility index (Phi) is 5.57. The predicted octanol–water partition coefficient (Wildman–Crippen LogP) is 2.29. The van der Waals surface area contributed by atoms with Crippen LogP contribution in [-0.4, -0.2) is 44.2 Å². The third-order valence-corrected chi connectivity index (χ3v) is 2.76. The van der Waals surface area contributed by atoms with Gasteiger partial charge in [-0.05, 0) is 30.3 Å². The number of rotatable bonds is 7. The van der Waals surface area contributed by atoms with Crippen molar-refractivity contribution in [2.75, 3.05) is 39.1 Å². The summed E-state index contributed by atoms with van der Waals surface area (Å²) in [5.74, 6) is 0.741. The molecule has 1 N–H and O–H groups in total. The van der Waals surface area contributed by atoms with Gasteiger partial charge in [-0.15, -0.1) is 0 Å². The third kappa shape index (κ3) is 6.06. The second kappa shape index (κ2) is 6.95. The zero-order chi connectivity index (χ0) is 14.3. The number of quaternary nitrogens is 1. The van der Waals surface area contributed by atoms with Crippen LogP contribution in [0.15, 0.2) is 36.9 Å². The summed E-state index contributed by atoms with van der Waals surface area (Å²) >= 11 is 0. The number of hydrogen-bond acceptors (Lipinski definition) is 2. The van der Waals surface area contributed by atoms with Gasteiger partial charge in [0, 0.05) is 12.6 Å². The molecule has 0 spiro atoms. The second-order valence-electron chi connectivity index (χ2n) is 5.18. The van der Waals surface area contributed by atoms with Crippen molar-refractivity contribution in [2.45, 2.75) is 6.92 Å². The van der Waals surface area contributed by atoms with Gasteiger partial charge >= 0.3 is 0 Å². The molecule has 0 heterocycles. The Balaban J connectivity index is 2.41. The normalized spacial score (nSPS) is 10.9. The number of anilines is 1. The van der Waals surface area contributed by atoms with Crippen LogP contribution in [0.5, 0.6) is 5.75 Å². The maximum Gasteiger partial charge on any atom is 0.221 e. The van der Waals surface area contributed by atoms with Gasteiger partial charge in [-0.2, -0.15) is 0 Å². The standard InChI is InChI=1S/C15H22N2O2/c1-5-10-17(3,4)11-12-19-15-8-6-14(7-9-15)16-13(2)18/h5-9H,1,10-12H2,2-4H3/p+1. The van der Waals surface area contributed by atoms with E-state index < -0.39 is 0 Å². The van der Waals surface area contributed by atoms with Crippen LogP contribution in [0.2, 0.25) is 0 Å². The fraction of sp³-hybridized carbons (Fsp3) is 0.400. The molecule has 0 bridgehead atoms. The van der Waals surface area contributed by atoms with E-state index in [1.54, 1.807) is 0 Å². The molecule has 0 unspecified atom stereocenters. The predicted molar refractivity (Wildman–Crippen MR) is 78.3 cm³/mol. The van der Waals surface area contributed by atoms with E-state index in [1.165, 1.54) is 6.92 Å². The molecule has 0 saturated carbocycles. The van der Waals surface area contributed by atoms with Gasteiger partial charge in [0.2, 0.25) is 5.91 Å². The average Bonchev–Trinajstić information content (AvgIpc) is 2.30. The summed E-state index contributed by atoms with van der Waals surface area (Å²) < 4.78 is 6.54. The minimum absolute atomic E-state index is 0.0721. The summed E-state index contributed by atoms with van der Waals surface area (Å²) in [6, 6.07) is 7.39. The first kappa shape index (κ1) is 15.2. The Bertz CT molecular complexity index is 424. The molecular formula is C15H23N2O2+. The van der Waals surface area contributed by atoms with E-state index in [-0.39, 0.29) is 5.91 Å². The topological polar surface area (TPSA) is 38.3 Å². The average molecular weight is 263 g/mol. The molecule has 0 radical (unpaired) electrons. The molecule has 0 aliphatic heterocycles. The number of ether oxygens (including phenoxy) is 1. The van der Waals surface area contributed by atoms with Gasteiger partial charge in [0.15, 0.2) is 0 Å². The van der Waals surface area contributed by atoms with E-state index in [4.69, 9.17) is 4.74 Å². The first-order valence-electron chi connectivity index (χ1n) is 6.36. The minimum Gasteiger partial charge on any atom is -0.488 e. The molecule has 0 fully saturated rings. The maximum absolute atomic E-state index is 10.9.